The molecule has 1 aromatic rings. The van der Waals surface area contributed by atoms with E-state index >= 15 is 0 Å². The number of nitrogens with one attached hydrogen (secondary N) is 1. The van der Waals surface area contributed by atoms with Crippen LogP contribution in [0.4, 0.5) is 11.4 Å². The van der Waals surface area contributed by atoms with Gasteiger partial charge in [-0.25, -0.2) is 4.85 Å². The fourth-order valence-electron chi connectivity index (χ4n) is 1.51. The predicted octanol–water partition coefficient (Wildman–Crippen LogP) is 2.89. The lowest BCUT2D eigenvalue weighted by atomic mass is 10.1. The van der Waals surface area contributed by atoms with Gasteiger partial charge in [-0.1, -0.05) is 6.07 Å². The zero-order valence-corrected chi connectivity index (χ0v) is 8.40. The molecule has 0 fully saturated rings. The van der Waals surface area contributed by atoms with Crippen molar-refractivity contribution in [3.63, 3.8) is 0 Å². The van der Waals surface area contributed by atoms with Crippen molar-refractivity contribution in [1.29, 1.82) is 5.26 Å². The SMILES string of the molecule is [C-]#[N+]c1c(C)cc(C#N)c2c1NCS2. The molecule has 0 amide bonds. The van der Waals surface area contributed by atoms with Crippen molar-refractivity contribution in [1.82, 2.24) is 0 Å². The van der Waals surface area contributed by atoms with Gasteiger partial charge < -0.3 is 5.32 Å². The first-order chi connectivity index (χ1) is 6.77. The van der Waals surface area contributed by atoms with E-state index in [0.29, 0.717) is 11.3 Å². The van der Waals surface area contributed by atoms with Crippen molar-refractivity contribution in [2.75, 3.05) is 11.2 Å². The lowest BCUT2D eigenvalue weighted by molar-refractivity contribution is 1.33. The Bertz CT molecular complexity index is 480. The second kappa shape index (κ2) is 3.25. The number of thioether (sulfide) groups is 1. The van der Waals surface area contributed by atoms with Crippen molar-refractivity contribution >= 4 is 23.1 Å². The molecule has 0 atom stereocenters. The molecule has 0 saturated heterocycles. The Morgan fingerprint density at radius 1 is 1.71 bits per heavy atom. The highest BCUT2D eigenvalue weighted by Crippen LogP contribution is 2.44. The predicted molar refractivity (Wildman–Crippen MR) is 56.5 cm³/mol. The highest BCUT2D eigenvalue weighted by atomic mass is 32.2. The van der Waals surface area contributed by atoms with Crippen molar-refractivity contribution < 1.29 is 0 Å². The van der Waals surface area contributed by atoms with E-state index in [1.165, 1.54) is 0 Å². The summed E-state index contributed by atoms with van der Waals surface area (Å²) >= 11 is 1.58. The molecule has 0 saturated carbocycles. The van der Waals surface area contributed by atoms with E-state index in [4.69, 9.17) is 11.8 Å². The number of fused-ring (bicyclic) bond motifs is 1. The molecule has 0 aliphatic carbocycles. The van der Waals surface area contributed by atoms with Gasteiger partial charge in [-0.15, -0.1) is 11.8 Å². The second-order valence-electron chi connectivity index (χ2n) is 2.98. The van der Waals surface area contributed by atoms with Gasteiger partial charge in [-0.3, -0.25) is 0 Å². The van der Waals surface area contributed by atoms with Crippen molar-refractivity contribution in [2.45, 2.75) is 11.8 Å². The summed E-state index contributed by atoms with van der Waals surface area (Å²) < 4.78 is 0. The van der Waals surface area contributed by atoms with Crippen LogP contribution in [0.2, 0.25) is 0 Å². The lowest BCUT2D eigenvalue weighted by Gasteiger charge is -2.06. The first kappa shape index (κ1) is 8.93. The van der Waals surface area contributed by atoms with Crippen LogP contribution in [0.3, 0.4) is 0 Å². The number of hydrogen-bond donors (Lipinski definition) is 1. The molecule has 0 aromatic heterocycles. The van der Waals surface area contributed by atoms with Gasteiger partial charge in [-0.2, -0.15) is 5.26 Å². The molecule has 1 aliphatic rings. The molecule has 1 heterocycles. The van der Waals surface area contributed by atoms with E-state index in [1.54, 1.807) is 17.8 Å². The standard InChI is InChI=1S/C10H7N3S/c1-6-3-7(4-11)10-9(8(6)12-2)13-5-14-10/h3,13H,5H2,1H3. The summed E-state index contributed by atoms with van der Waals surface area (Å²) in [6.45, 7) is 8.93. The minimum absolute atomic E-state index is 0.643. The Morgan fingerprint density at radius 2 is 2.50 bits per heavy atom. The third kappa shape index (κ3) is 1.13. The van der Waals surface area contributed by atoms with E-state index < -0.39 is 0 Å². The summed E-state index contributed by atoms with van der Waals surface area (Å²) in [7, 11) is 0. The molecule has 68 valence electrons. The fraction of sp³-hybridized carbons (Fsp3) is 0.200. The average Bonchev–Trinajstić information content (AvgIpc) is 2.65. The van der Waals surface area contributed by atoms with Crippen LogP contribution < -0.4 is 5.32 Å². The van der Waals surface area contributed by atoms with Crippen LogP contribution >= 0.6 is 11.8 Å². The monoisotopic (exact) mass is 201 g/mol. The molecule has 0 spiro atoms. The Morgan fingerprint density at radius 3 is 3.14 bits per heavy atom. The van der Waals surface area contributed by atoms with Crippen LogP contribution in [0, 0.1) is 24.8 Å². The molecule has 1 N–H and O–H groups in total. The number of nitriles is 1. The first-order valence-corrected chi connectivity index (χ1v) is 5.08. The van der Waals surface area contributed by atoms with Gasteiger partial charge in [-0.05, 0) is 12.5 Å². The molecule has 1 aromatic carbocycles. The summed E-state index contributed by atoms with van der Waals surface area (Å²) in [4.78, 5) is 4.40. The quantitative estimate of drug-likeness (QED) is 0.656. The zero-order chi connectivity index (χ0) is 10.1. The lowest BCUT2D eigenvalue weighted by Crippen LogP contribution is -1.91. The summed E-state index contributed by atoms with van der Waals surface area (Å²) in [5.74, 6) is 0.746. The second-order valence-corrected chi connectivity index (χ2v) is 3.97. The maximum Gasteiger partial charge on any atom is 0.213 e. The van der Waals surface area contributed by atoms with E-state index in [2.05, 4.69) is 16.2 Å². The Labute approximate surface area is 86.6 Å². The molecular weight excluding hydrogens is 194 g/mol. The fourth-order valence-corrected chi connectivity index (χ4v) is 2.45. The van der Waals surface area contributed by atoms with Crippen LogP contribution in [0.1, 0.15) is 11.1 Å². The molecule has 2 rings (SSSR count). The van der Waals surface area contributed by atoms with Gasteiger partial charge in [0, 0.05) is 4.90 Å². The zero-order valence-electron chi connectivity index (χ0n) is 7.59. The topological polar surface area (TPSA) is 40.2 Å². The highest BCUT2D eigenvalue weighted by Gasteiger charge is 2.20. The third-order valence-electron chi connectivity index (χ3n) is 2.14. The van der Waals surface area contributed by atoms with Crippen LogP contribution in [-0.4, -0.2) is 5.88 Å². The van der Waals surface area contributed by atoms with Gasteiger partial charge in [0.1, 0.15) is 6.07 Å². The Hall–Kier alpha value is -1.65. The van der Waals surface area contributed by atoms with E-state index in [-0.39, 0.29) is 0 Å². The van der Waals surface area contributed by atoms with Gasteiger partial charge in [0.2, 0.25) is 5.69 Å². The summed E-state index contributed by atoms with van der Waals surface area (Å²) in [6, 6.07) is 3.94. The normalized spacial score (nSPS) is 12.5. The number of anilines is 1. The Balaban J connectivity index is 2.77. The van der Waals surface area contributed by atoms with Crippen molar-refractivity contribution in [3.8, 4) is 6.07 Å². The molecule has 0 unspecified atom stereocenters. The maximum atomic E-state index is 8.92. The van der Waals surface area contributed by atoms with Crippen LogP contribution in [-0.2, 0) is 0 Å². The molecule has 0 radical (unpaired) electrons. The van der Waals surface area contributed by atoms with E-state index in [1.807, 2.05) is 6.92 Å². The van der Waals surface area contributed by atoms with Gasteiger partial charge >= 0.3 is 0 Å². The molecule has 14 heavy (non-hydrogen) atoms. The van der Waals surface area contributed by atoms with Crippen molar-refractivity contribution in [3.05, 3.63) is 28.6 Å². The molecule has 1 aliphatic heterocycles. The number of nitrogens with zero attached hydrogens (tertiary/aromatic N) is 2. The van der Waals surface area contributed by atoms with Gasteiger partial charge in [0.25, 0.3) is 0 Å². The number of aryl methyl sites for hydroxylation is 1. The largest absolute Gasteiger partial charge is 0.383 e. The van der Waals surface area contributed by atoms with Crippen molar-refractivity contribution in [2.24, 2.45) is 0 Å². The summed E-state index contributed by atoms with van der Waals surface area (Å²) in [6.07, 6.45) is 0. The minimum Gasteiger partial charge on any atom is -0.383 e. The smallest absolute Gasteiger partial charge is 0.213 e. The van der Waals surface area contributed by atoms with Crippen LogP contribution in [0.5, 0.6) is 0 Å². The molecule has 0 bridgehead atoms. The number of hydrogen-bond acceptors (Lipinski definition) is 3. The third-order valence-corrected chi connectivity index (χ3v) is 3.14. The van der Waals surface area contributed by atoms with Gasteiger partial charge in [0.05, 0.1) is 23.7 Å². The highest BCUT2D eigenvalue weighted by molar-refractivity contribution is 8.00. The summed E-state index contributed by atoms with van der Waals surface area (Å²) in [5.41, 5.74) is 3.01. The molecule has 4 heteroatoms. The van der Waals surface area contributed by atoms with E-state index in [9.17, 15) is 0 Å². The average molecular weight is 201 g/mol. The first-order valence-electron chi connectivity index (χ1n) is 4.09. The number of benzene rings is 1. The minimum atomic E-state index is 0.643. The number of rotatable bonds is 0. The summed E-state index contributed by atoms with van der Waals surface area (Å²) in [5, 5.41) is 12.1. The maximum absolute atomic E-state index is 8.92. The van der Waals surface area contributed by atoms with Gasteiger partial charge in [0.15, 0.2) is 0 Å². The van der Waals surface area contributed by atoms with E-state index in [0.717, 1.165) is 22.0 Å². The molecule has 3 nitrogen and oxygen atoms in total. The van der Waals surface area contributed by atoms with Crippen LogP contribution in [0.15, 0.2) is 11.0 Å². The molecular formula is C10H7N3S. The Kier molecular flexibility index (Phi) is 2.07. The van der Waals surface area contributed by atoms with Crippen LogP contribution in [0.25, 0.3) is 4.85 Å².